The van der Waals surface area contributed by atoms with Gasteiger partial charge in [0.15, 0.2) is 5.96 Å². The fraction of sp³-hybridized carbons (Fsp3) is 0.625. The van der Waals surface area contributed by atoms with Gasteiger partial charge < -0.3 is 15.4 Å². The lowest BCUT2D eigenvalue weighted by Crippen LogP contribution is -2.40. The Kier molecular flexibility index (Phi) is 7.36. The fourth-order valence-corrected chi connectivity index (χ4v) is 3.50. The Morgan fingerprint density at radius 1 is 1.45 bits per heavy atom. The van der Waals surface area contributed by atoms with E-state index < -0.39 is 0 Å². The van der Waals surface area contributed by atoms with E-state index >= 15 is 0 Å². The van der Waals surface area contributed by atoms with Crippen molar-refractivity contribution in [1.82, 2.24) is 15.6 Å². The number of nitrogens with one attached hydrogen (secondary N) is 2. The summed E-state index contributed by atoms with van der Waals surface area (Å²) >= 11 is 2.05. The Bertz CT molecular complexity index is 475. The molecule has 2 rings (SSSR count). The lowest BCUT2D eigenvalue weighted by Gasteiger charge is -2.14. The normalized spacial score (nSPS) is 18.3. The number of hydrogen-bond donors (Lipinski definition) is 2. The zero-order valence-corrected chi connectivity index (χ0v) is 14.3. The van der Waals surface area contributed by atoms with Crippen LogP contribution < -0.4 is 15.4 Å². The molecule has 0 bridgehead atoms. The van der Waals surface area contributed by atoms with Crippen molar-refractivity contribution in [3.05, 3.63) is 23.9 Å². The molecule has 2 N–H and O–H groups in total. The molecule has 1 aromatic rings. The van der Waals surface area contributed by atoms with Crippen LogP contribution in [-0.2, 0) is 6.54 Å². The molecule has 0 aliphatic carbocycles. The molecule has 1 aromatic heterocycles. The van der Waals surface area contributed by atoms with Crippen LogP contribution in [0.2, 0.25) is 0 Å². The van der Waals surface area contributed by atoms with Crippen molar-refractivity contribution in [1.29, 1.82) is 0 Å². The molecule has 122 valence electrons. The molecule has 0 spiro atoms. The van der Waals surface area contributed by atoms with Gasteiger partial charge in [-0.25, -0.2) is 9.98 Å². The average Bonchev–Trinajstić information content (AvgIpc) is 3.04. The van der Waals surface area contributed by atoms with Gasteiger partial charge in [-0.1, -0.05) is 0 Å². The molecule has 1 unspecified atom stereocenters. The molecule has 1 atom stereocenters. The van der Waals surface area contributed by atoms with E-state index in [0.29, 0.717) is 24.3 Å². The number of ether oxygens (including phenoxy) is 1. The third-order valence-corrected chi connectivity index (χ3v) is 4.77. The van der Waals surface area contributed by atoms with Gasteiger partial charge in [-0.2, -0.15) is 11.8 Å². The maximum Gasteiger partial charge on any atom is 0.213 e. The molecule has 5 nitrogen and oxygen atoms in total. The molecule has 0 amide bonds. The first-order chi connectivity index (χ1) is 10.8. The second kappa shape index (κ2) is 9.56. The molecular weight excluding hydrogens is 296 g/mol. The number of aromatic nitrogens is 1. The molecule has 6 heteroatoms. The second-order valence-corrected chi connectivity index (χ2v) is 6.55. The highest BCUT2D eigenvalue weighted by molar-refractivity contribution is 8.00. The van der Waals surface area contributed by atoms with Crippen molar-refractivity contribution < 1.29 is 4.74 Å². The Balaban J connectivity index is 1.89. The summed E-state index contributed by atoms with van der Waals surface area (Å²) in [6, 6.07) is 3.92. The molecule has 2 heterocycles. The molecule has 0 radical (unpaired) electrons. The van der Waals surface area contributed by atoms with Crippen LogP contribution in [0.4, 0.5) is 0 Å². The number of hydrogen-bond acceptors (Lipinski definition) is 4. The summed E-state index contributed by atoms with van der Waals surface area (Å²) in [6.07, 6.45) is 4.41. The van der Waals surface area contributed by atoms with E-state index in [-0.39, 0.29) is 0 Å². The van der Waals surface area contributed by atoms with Crippen molar-refractivity contribution in [2.24, 2.45) is 4.99 Å². The zero-order valence-electron chi connectivity index (χ0n) is 13.5. The third kappa shape index (κ3) is 5.75. The largest absolute Gasteiger partial charge is 0.478 e. The highest BCUT2D eigenvalue weighted by atomic mass is 32.2. The standard InChI is InChI=1S/C16H26N4OS/c1-3-17-16(20-12-14-6-5-9-22-14)19-11-13-7-8-18-15(10-13)21-4-2/h7-8,10,14H,3-6,9,11-12H2,1-2H3,(H2,17,19,20). The maximum absolute atomic E-state index is 5.42. The van der Waals surface area contributed by atoms with Crippen LogP contribution in [0, 0.1) is 0 Å². The van der Waals surface area contributed by atoms with Gasteiger partial charge in [-0.15, -0.1) is 0 Å². The number of nitrogens with zero attached hydrogens (tertiary/aromatic N) is 2. The van der Waals surface area contributed by atoms with E-state index in [2.05, 4.69) is 39.3 Å². The fourth-order valence-electron chi connectivity index (χ4n) is 2.30. The van der Waals surface area contributed by atoms with E-state index in [0.717, 1.165) is 24.6 Å². The smallest absolute Gasteiger partial charge is 0.213 e. The summed E-state index contributed by atoms with van der Waals surface area (Å²) < 4.78 is 5.42. The van der Waals surface area contributed by atoms with E-state index in [9.17, 15) is 0 Å². The van der Waals surface area contributed by atoms with Crippen LogP contribution in [-0.4, -0.2) is 41.6 Å². The van der Waals surface area contributed by atoms with Gasteiger partial charge in [0, 0.05) is 30.6 Å². The molecule has 1 aliphatic heterocycles. The quantitative estimate of drug-likeness (QED) is 0.596. The number of thioether (sulfide) groups is 1. The van der Waals surface area contributed by atoms with Crippen LogP contribution >= 0.6 is 11.8 Å². The van der Waals surface area contributed by atoms with Crippen LogP contribution in [0.1, 0.15) is 32.3 Å². The molecule has 1 aliphatic rings. The zero-order chi connectivity index (χ0) is 15.6. The first kappa shape index (κ1) is 16.9. The Morgan fingerprint density at radius 3 is 3.09 bits per heavy atom. The van der Waals surface area contributed by atoms with Gasteiger partial charge in [0.05, 0.1) is 13.2 Å². The maximum atomic E-state index is 5.42. The number of guanidine groups is 1. The summed E-state index contributed by atoms with van der Waals surface area (Å²) in [5.74, 6) is 2.83. The summed E-state index contributed by atoms with van der Waals surface area (Å²) in [5.41, 5.74) is 1.10. The summed E-state index contributed by atoms with van der Waals surface area (Å²) in [5, 5.41) is 7.46. The predicted molar refractivity (Wildman–Crippen MR) is 93.7 cm³/mol. The van der Waals surface area contributed by atoms with E-state index in [4.69, 9.17) is 4.74 Å². The number of rotatable bonds is 7. The third-order valence-electron chi connectivity index (χ3n) is 3.38. The van der Waals surface area contributed by atoms with Crippen LogP contribution in [0.3, 0.4) is 0 Å². The van der Waals surface area contributed by atoms with Gasteiger partial charge in [-0.05, 0) is 44.1 Å². The lowest BCUT2D eigenvalue weighted by molar-refractivity contribution is 0.326. The summed E-state index contributed by atoms with van der Waals surface area (Å²) in [7, 11) is 0. The van der Waals surface area contributed by atoms with Gasteiger partial charge in [0.1, 0.15) is 0 Å². The van der Waals surface area contributed by atoms with Gasteiger partial charge in [0.25, 0.3) is 0 Å². The lowest BCUT2D eigenvalue weighted by atomic mass is 10.2. The predicted octanol–water partition coefficient (Wildman–Crippen LogP) is 2.43. The second-order valence-electron chi connectivity index (χ2n) is 5.15. The van der Waals surface area contributed by atoms with Gasteiger partial charge >= 0.3 is 0 Å². The minimum Gasteiger partial charge on any atom is -0.478 e. The molecule has 22 heavy (non-hydrogen) atoms. The Hall–Kier alpha value is -1.43. The van der Waals surface area contributed by atoms with Crippen LogP contribution in [0.25, 0.3) is 0 Å². The van der Waals surface area contributed by atoms with Crippen molar-refractivity contribution in [2.75, 3.05) is 25.4 Å². The van der Waals surface area contributed by atoms with Crippen molar-refractivity contribution >= 4 is 17.7 Å². The minimum absolute atomic E-state index is 0.621. The molecule has 1 saturated heterocycles. The summed E-state index contributed by atoms with van der Waals surface area (Å²) in [6.45, 7) is 7.14. The van der Waals surface area contributed by atoms with Crippen molar-refractivity contribution in [3.63, 3.8) is 0 Å². The molecule has 1 fully saturated rings. The summed E-state index contributed by atoms with van der Waals surface area (Å²) in [4.78, 5) is 8.82. The SMILES string of the molecule is CCNC(=NCc1ccnc(OCC)c1)NCC1CCCS1. The highest BCUT2D eigenvalue weighted by Crippen LogP contribution is 2.25. The van der Waals surface area contributed by atoms with Crippen LogP contribution in [0.15, 0.2) is 23.3 Å². The Morgan fingerprint density at radius 2 is 2.36 bits per heavy atom. The Labute approximate surface area is 137 Å². The van der Waals surface area contributed by atoms with Gasteiger partial charge in [-0.3, -0.25) is 0 Å². The minimum atomic E-state index is 0.621. The van der Waals surface area contributed by atoms with Crippen molar-refractivity contribution in [2.45, 2.75) is 38.5 Å². The molecule has 0 saturated carbocycles. The van der Waals surface area contributed by atoms with E-state index in [1.54, 1.807) is 6.20 Å². The van der Waals surface area contributed by atoms with Crippen LogP contribution in [0.5, 0.6) is 5.88 Å². The topological polar surface area (TPSA) is 58.5 Å². The molecular formula is C16H26N4OS. The molecule has 0 aromatic carbocycles. The van der Waals surface area contributed by atoms with Crippen molar-refractivity contribution in [3.8, 4) is 5.88 Å². The number of aliphatic imine (C=N–C) groups is 1. The highest BCUT2D eigenvalue weighted by Gasteiger charge is 2.15. The number of pyridine rings is 1. The first-order valence-electron chi connectivity index (χ1n) is 8.03. The monoisotopic (exact) mass is 322 g/mol. The van der Waals surface area contributed by atoms with Gasteiger partial charge in [0.2, 0.25) is 5.88 Å². The van der Waals surface area contributed by atoms with E-state index in [1.165, 1.54) is 18.6 Å². The first-order valence-corrected chi connectivity index (χ1v) is 9.08. The average molecular weight is 322 g/mol. The van der Waals surface area contributed by atoms with E-state index in [1.807, 2.05) is 19.1 Å².